The van der Waals surface area contributed by atoms with Crippen LogP contribution in [0.25, 0.3) is 0 Å². The minimum atomic E-state index is 0.530. The van der Waals surface area contributed by atoms with Gasteiger partial charge in [0.05, 0.1) is 0 Å². The van der Waals surface area contributed by atoms with Gasteiger partial charge in [0.2, 0.25) is 0 Å². The zero-order chi connectivity index (χ0) is 13.9. The van der Waals surface area contributed by atoms with Gasteiger partial charge in [0, 0.05) is 17.5 Å². The van der Waals surface area contributed by atoms with Gasteiger partial charge in [-0.3, -0.25) is 0 Å². The Bertz CT molecular complexity index is 551. The van der Waals surface area contributed by atoms with Gasteiger partial charge in [-0.05, 0) is 54.7 Å². The summed E-state index contributed by atoms with van der Waals surface area (Å²) in [5.41, 5.74) is 4.29. The van der Waals surface area contributed by atoms with Crippen molar-refractivity contribution in [1.29, 1.82) is 0 Å². The highest BCUT2D eigenvalue weighted by Gasteiger charge is 2.31. The highest BCUT2D eigenvalue weighted by Crippen LogP contribution is 2.41. The summed E-state index contributed by atoms with van der Waals surface area (Å²) in [6, 6.07) is 11.8. The van der Waals surface area contributed by atoms with Crippen molar-refractivity contribution >= 4 is 11.3 Å². The van der Waals surface area contributed by atoms with Gasteiger partial charge in [-0.2, -0.15) is 0 Å². The molecule has 1 aliphatic rings. The molecule has 2 heteroatoms. The van der Waals surface area contributed by atoms with Crippen LogP contribution in [-0.4, -0.2) is 0 Å². The maximum atomic E-state index is 3.80. The Morgan fingerprint density at radius 2 is 1.95 bits per heavy atom. The summed E-state index contributed by atoms with van der Waals surface area (Å²) in [5.74, 6) is 0.836. The lowest BCUT2D eigenvalue weighted by Crippen LogP contribution is -2.22. The minimum absolute atomic E-state index is 0.530. The monoisotopic (exact) mass is 285 g/mol. The fourth-order valence-corrected chi connectivity index (χ4v) is 3.73. The molecule has 1 aromatic heterocycles. The third-order valence-corrected chi connectivity index (χ3v) is 5.19. The second-order valence-electron chi connectivity index (χ2n) is 5.83. The third-order valence-electron chi connectivity index (χ3n) is 4.23. The summed E-state index contributed by atoms with van der Waals surface area (Å²) in [7, 11) is 0. The Labute approximate surface area is 126 Å². The topological polar surface area (TPSA) is 12.0 Å². The predicted molar refractivity (Wildman–Crippen MR) is 87.2 cm³/mol. The molecule has 0 amide bonds. The largest absolute Gasteiger partial charge is 0.305 e. The number of nitrogens with one attached hydrogen (secondary N) is 1. The van der Waals surface area contributed by atoms with Crippen molar-refractivity contribution in [2.45, 2.75) is 45.7 Å². The second-order valence-corrected chi connectivity index (χ2v) is 6.83. The number of aryl methyl sites for hydroxylation is 2. The van der Waals surface area contributed by atoms with E-state index in [-0.39, 0.29) is 0 Å². The molecule has 1 aliphatic carbocycles. The SMILES string of the molecule is CCc1ccsc1CNC(c1ccc(C)cc1)C1CC1. The van der Waals surface area contributed by atoms with Gasteiger partial charge in [-0.1, -0.05) is 36.8 Å². The maximum Gasteiger partial charge on any atom is 0.0351 e. The van der Waals surface area contributed by atoms with Gasteiger partial charge in [0.1, 0.15) is 0 Å². The normalized spacial score (nSPS) is 16.3. The fourth-order valence-electron chi connectivity index (χ4n) is 2.80. The van der Waals surface area contributed by atoms with Crippen LogP contribution in [0, 0.1) is 12.8 Å². The highest BCUT2D eigenvalue weighted by atomic mass is 32.1. The molecule has 0 spiro atoms. The Morgan fingerprint density at radius 1 is 1.20 bits per heavy atom. The van der Waals surface area contributed by atoms with Gasteiger partial charge in [0.25, 0.3) is 0 Å². The van der Waals surface area contributed by atoms with E-state index >= 15 is 0 Å². The zero-order valence-electron chi connectivity index (χ0n) is 12.4. The molecule has 3 rings (SSSR count). The van der Waals surface area contributed by atoms with Gasteiger partial charge >= 0.3 is 0 Å². The van der Waals surface area contributed by atoms with Crippen LogP contribution in [0.1, 0.15) is 47.4 Å². The first-order chi connectivity index (χ1) is 9.78. The first-order valence-corrected chi connectivity index (χ1v) is 8.51. The van der Waals surface area contributed by atoms with E-state index in [1.54, 1.807) is 0 Å². The number of hydrogen-bond acceptors (Lipinski definition) is 2. The molecule has 1 nitrogen and oxygen atoms in total. The average Bonchev–Trinajstić information content (AvgIpc) is 3.19. The molecule has 0 bridgehead atoms. The first-order valence-electron chi connectivity index (χ1n) is 7.63. The van der Waals surface area contributed by atoms with Crippen LogP contribution in [-0.2, 0) is 13.0 Å². The van der Waals surface area contributed by atoms with Gasteiger partial charge < -0.3 is 5.32 Å². The van der Waals surface area contributed by atoms with Crippen LogP contribution in [0.2, 0.25) is 0 Å². The minimum Gasteiger partial charge on any atom is -0.305 e. The Balaban J connectivity index is 1.70. The van der Waals surface area contributed by atoms with Crippen LogP contribution in [0.5, 0.6) is 0 Å². The number of benzene rings is 1. The van der Waals surface area contributed by atoms with Crippen LogP contribution in [0.3, 0.4) is 0 Å². The van der Waals surface area contributed by atoms with Crippen molar-refractivity contribution in [2.75, 3.05) is 0 Å². The van der Waals surface area contributed by atoms with E-state index in [1.165, 1.54) is 34.4 Å². The summed E-state index contributed by atoms with van der Waals surface area (Å²) in [6.07, 6.45) is 3.88. The lowest BCUT2D eigenvalue weighted by atomic mass is 10.0. The summed E-state index contributed by atoms with van der Waals surface area (Å²) < 4.78 is 0. The average molecular weight is 285 g/mol. The molecule has 1 saturated carbocycles. The number of thiophene rings is 1. The summed E-state index contributed by atoms with van der Waals surface area (Å²) in [6.45, 7) is 5.41. The molecule has 0 saturated heterocycles. The van der Waals surface area contributed by atoms with Crippen LogP contribution >= 0.6 is 11.3 Å². The van der Waals surface area contributed by atoms with Crippen molar-refractivity contribution in [1.82, 2.24) is 5.32 Å². The number of rotatable bonds is 6. The molecule has 1 aromatic carbocycles. The first kappa shape index (κ1) is 13.8. The quantitative estimate of drug-likeness (QED) is 0.799. The van der Waals surface area contributed by atoms with E-state index in [1.807, 2.05) is 11.3 Å². The van der Waals surface area contributed by atoms with Crippen LogP contribution < -0.4 is 5.32 Å². The van der Waals surface area contributed by atoms with Crippen molar-refractivity contribution < 1.29 is 0 Å². The Kier molecular flexibility index (Phi) is 4.23. The summed E-state index contributed by atoms with van der Waals surface area (Å²) >= 11 is 1.88. The number of hydrogen-bond donors (Lipinski definition) is 1. The van der Waals surface area contributed by atoms with Crippen molar-refractivity contribution in [3.05, 3.63) is 57.3 Å². The molecule has 0 radical (unpaired) electrons. The lowest BCUT2D eigenvalue weighted by molar-refractivity contribution is 0.482. The maximum absolute atomic E-state index is 3.80. The Hall–Kier alpha value is -1.12. The molecule has 1 fully saturated rings. The van der Waals surface area contributed by atoms with Crippen LogP contribution in [0.15, 0.2) is 35.7 Å². The molecule has 1 unspecified atom stereocenters. The van der Waals surface area contributed by atoms with E-state index in [2.05, 4.69) is 54.9 Å². The molecule has 1 atom stereocenters. The molecular formula is C18H23NS. The van der Waals surface area contributed by atoms with Crippen molar-refractivity contribution in [3.8, 4) is 0 Å². The highest BCUT2D eigenvalue weighted by molar-refractivity contribution is 7.10. The van der Waals surface area contributed by atoms with Crippen molar-refractivity contribution in [3.63, 3.8) is 0 Å². The van der Waals surface area contributed by atoms with E-state index < -0.39 is 0 Å². The molecule has 1 N–H and O–H groups in total. The Morgan fingerprint density at radius 3 is 2.60 bits per heavy atom. The lowest BCUT2D eigenvalue weighted by Gasteiger charge is -2.19. The van der Waals surface area contributed by atoms with Crippen LogP contribution in [0.4, 0.5) is 0 Å². The molecule has 2 aromatic rings. The summed E-state index contributed by atoms with van der Waals surface area (Å²) in [4.78, 5) is 1.50. The third kappa shape index (κ3) is 3.13. The van der Waals surface area contributed by atoms with Gasteiger partial charge in [-0.25, -0.2) is 0 Å². The van der Waals surface area contributed by atoms with Gasteiger partial charge in [-0.15, -0.1) is 11.3 Å². The fraction of sp³-hybridized carbons (Fsp3) is 0.444. The van der Waals surface area contributed by atoms with E-state index in [0.29, 0.717) is 6.04 Å². The molecule has 20 heavy (non-hydrogen) atoms. The van der Waals surface area contributed by atoms with E-state index in [4.69, 9.17) is 0 Å². The smallest absolute Gasteiger partial charge is 0.0351 e. The van der Waals surface area contributed by atoms with Crippen molar-refractivity contribution in [2.24, 2.45) is 5.92 Å². The summed E-state index contributed by atoms with van der Waals surface area (Å²) in [5, 5.41) is 6.02. The predicted octanol–water partition coefficient (Wildman–Crippen LogP) is 4.86. The standard InChI is InChI=1S/C18H23NS/c1-3-14-10-11-20-17(14)12-19-18(16-8-9-16)15-6-4-13(2)5-7-15/h4-7,10-11,16,18-19H,3,8-9,12H2,1-2H3. The molecule has 1 heterocycles. The van der Waals surface area contributed by atoms with E-state index in [0.717, 1.165) is 18.9 Å². The second kappa shape index (κ2) is 6.11. The van der Waals surface area contributed by atoms with E-state index in [9.17, 15) is 0 Å². The molecule has 106 valence electrons. The molecular weight excluding hydrogens is 262 g/mol. The molecule has 0 aliphatic heterocycles. The van der Waals surface area contributed by atoms with Gasteiger partial charge in [0.15, 0.2) is 0 Å². The zero-order valence-corrected chi connectivity index (χ0v) is 13.2.